The Hall–Kier alpha value is -1.62. The Morgan fingerprint density at radius 1 is 1.14 bits per heavy atom. The Labute approximate surface area is 130 Å². The highest BCUT2D eigenvalue weighted by Crippen LogP contribution is 2.40. The molecule has 1 rings (SSSR count). The van der Waals surface area contributed by atoms with Gasteiger partial charge in [0.05, 0.1) is 26.9 Å². The van der Waals surface area contributed by atoms with Gasteiger partial charge in [-0.2, -0.15) is 0 Å². The fourth-order valence-corrected chi connectivity index (χ4v) is 2.21. The molecule has 0 aliphatic carbocycles. The van der Waals surface area contributed by atoms with E-state index in [0.717, 1.165) is 6.42 Å². The normalized spacial score (nSPS) is 10.1. The summed E-state index contributed by atoms with van der Waals surface area (Å²) in [4.78, 5) is 14.4. The van der Waals surface area contributed by atoms with E-state index in [0.29, 0.717) is 41.8 Å². The number of carbonyl (C=O) groups excluding carboxylic acids is 1. The minimum absolute atomic E-state index is 0.111. The standard InChI is InChI=1S/C15H22ClNO4/c1-5-17(10-6-9-16)15(18)11-7-8-12(19-2)14(21-4)13(11)20-3/h7-8H,5-6,9-10H2,1-4H3. The van der Waals surface area contributed by atoms with Crippen molar-refractivity contribution < 1.29 is 19.0 Å². The van der Waals surface area contributed by atoms with Gasteiger partial charge >= 0.3 is 0 Å². The van der Waals surface area contributed by atoms with Gasteiger partial charge in [-0.1, -0.05) is 0 Å². The molecule has 1 aromatic carbocycles. The van der Waals surface area contributed by atoms with Crippen molar-refractivity contribution >= 4 is 17.5 Å². The van der Waals surface area contributed by atoms with Crippen molar-refractivity contribution in [3.8, 4) is 17.2 Å². The number of methoxy groups -OCH3 is 3. The van der Waals surface area contributed by atoms with Crippen LogP contribution in [0.4, 0.5) is 0 Å². The Morgan fingerprint density at radius 3 is 2.29 bits per heavy atom. The summed E-state index contributed by atoms with van der Waals surface area (Å²) in [6.07, 6.45) is 0.747. The second-order valence-corrected chi connectivity index (χ2v) is 4.69. The molecule has 0 fully saturated rings. The lowest BCUT2D eigenvalue weighted by molar-refractivity contribution is 0.0760. The average Bonchev–Trinajstić information content (AvgIpc) is 2.53. The summed E-state index contributed by atoms with van der Waals surface area (Å²) in [6, 6.07) is 3.38. The van der Waals surface area contributed by atoms with E-state index < -0.39 is 0 Å². The number of nitrogens with zero attached hydrogens (tertiary/aromatic N) is 1. The summed E-state index contributed by atoms with van der Waals surface area (Å²) in [5.74, 6) is 1.73. The predicted molar refractivity (Wildman–Crippen MR) is 83.0 cm³/mol. The van der Waals surface area contributed by atoms with E-state index in [1.54, 1.807) is 17.0 Å². The van der Waals surface area contributed by atoms with E-state index in [9.17, 15) is 4.79 Å². The minimum atomic E-state index is -0.111. The number of hydrogen-bond acceptors (Lipinski definition) is 4. The lowest BCUT2D eigenvalue weighted by atomic mass is 10.1. The van der Waals surface area contributed by atoms with E-state index in [-0.39, 0.29) is 5.91 Å². The van der Waals surface area contributed by atoms with Gasteiger partial charge in [-0.3, -0.25) is 4.79 Å². The molecule has 0 radical (unpaired) electrons. The number of ether oxygens (including phenoxy) is 3. The molecule has 0 saturated heterocycles. The van der Waals surface area contributed by atoms with Crippen LogP contribution in [0.5, 0.6) is 17.2 Å². The number of alkyl halides is 1. The zero-order valence-corrected chi connectivity index (χ0v) is 13.7. The summed E-state index contributed by atoms with van der Waals surface area (Å²) in [5.41, 5.74) is 0.451. The van der Waals surface area contributed by atoms with Crippen LogP contribution in [-0.2, 0) is 0 Å². The Kier molecular flexibility index (Phi) is 7.15. The van der Waals surface area contributed by atoms with Crippen molar-refractivity contribution in [2.75, 3.05) is 40.3 Å². The SMILES string of the molecule is CCN(CCCCl)C(=O)c1ccc(OC)c(OC)c1OC. The molecule has 0 spiro atoms. The first-order valence-electron chi connectivity index (χ1n) is 6.78. The number of amides is 1. The number of rotatable bonds is 8. The highest BCUT2D eigenvalue weighted by atomic mass is 35.5. The summed E-state index contributed by atoms with van der Waals surface area (Å²) < 4.78 is 15.9. The first-order chi connectivity index (χ1) is 10.1. The van der Waals surface area contributed by atoms with Gasteiger partial charge in [0.25, 0.3) is 5.91 Å². The van der Waals surface area contributed by atoms with E-state index in [4.69, 9.17) is 25.8 Å². The molecule has 118 valence electrons. The van der Waals surface area contributed by atoms with Crippen LogP contribution >= 0.6 is 11.6 Å². The van der Waals surface area contributed by atoms with Gasteiger partial charge in [-0.25, -0.2) is 0 Å². The van der Waals surface area contributed by atoms with Crippen molar-refractivity contribution in [3.63, 3.8) is 0 Å². The van der Waals surface area contributed by atoms with Crippen LogP contribution in [0.15, 0.2) is 12.1 Å². The quantitative estimate of drug-likeness (QED) is 0.692. The van der Waals surface area contributed by atoms with Crippen LogP contribution in [0.3, 0.4) is 0 Å². The molecule has 1 aromatic rings. The van der Waals surface area contributed by atoms with Gasteiger partial charge in [0.1, 0.15) is 0 Å². The molecule has 1 amide bonds. The van der Waals surface area contributed by atoms with Crippen molar-refractivity contribution in [1.82, 2.24) is 4.90 Å². The molecule has 21 heavy (non-hydrogen) atoms. The molecular formula is C15H22ClNO4. The molecule has 0 unspecified atom stereocenters. The maximum absolute atomic E-state index is 12.6. The van der Waals surface area contributed by atoms with Crippen LogP contribution in [-0.4, -0.2) is 51.1 Å². The molecule has 0 aromatic heterocycles. The predicted octanol–water partition coefficient (Wildman–Crippen LogP) is 2.80. The van der Waals surface area contributed by atoms with Crippen molar-refractivity contribution in [2.24, 2.45) is 0 Å². The topological polar surface area (TPSA) is 48.0 Å². The zero-order chi connectivity index (χ0) is 15.8. The van der Waals surface area contributed by atoms with Gasteiger partial charge in [-0.15, -0.1) is 11.6 Å². The monoisotopic (exact) mass is 315 g/mol. The maximum atomic E-state index is 12.6. The Balaban J connectivity index is 3.19. The molecule has 0 N–H and O–H groups in total. The van der Waals surface area contributed by atoms with E-state index >= 15 is 0 Å². The molecule has 0 aliphatic heterocycles. The molecule has 0 bridgehead atoms. The Morgan fingerprint density at radius 2 is 1.81 bits per heavy atom. The van der Waals surface area contributed by atoms with Crippen molar-refractivity contribution in [2.45, 2.75) is 13.3 Å². The van der Waals surface area contributed by atoms with Crippen LogP contribution in [0, 0.1) is 0 Å². The third kappa shape index (κ3) is 3.94. The fourth-order valence-electron chi connectivity index (χ4n) is 2.09. The number of benzene rings is 1. The van der Waals surface area contributed by atoms with E-state index in [1.807, 2.05) is 6.92 Å². The highest BCUT2D eigenvalue weighted by molar-refractivity contribution is 6.17. The van der Waals surface area contributed by atoms with Crippen LogP contribution in [0.1, 0.15) is 23.7 Å². The van der Waals surface area contributed by atoms with Gasteiger partial charge < -0.3 is 19.1 Å². The third-order valence-corrected chi connectivity index (χ3v) is 3.43. The summed E-state index contributed by atoms with van der Waals surface area (Å²) in [7, 11) is 4.56. The number of carbonyl (C=O) groups is 1. The lowest BCUT2D eigenvalue weighted by Crippen LogP contribution is -2.32. The van der Waals surface area contributed by atoms with Crippen molar-refractivity contribution in [3.05, 3.63) is 17.7 Å². The van der Waals surface area contributed by atoms with Gasteiger partial charge in [-0.05, 0) is 25.5 Å². The first-order valence-corrected chi connectivity index (χ1v) is 7.32. The van der Waals surface area contributed by atoms with Crippen LogP contribution < -0.4 is 14.2 Å². The summed E-state index contributed by atoms with van der Waals surface area (Å²) >= 11 is 5.70. The molecule has 6 heteroatoms. The molecular weight excluding hydrogens is 294 g/mol. The van der Waals surface area contributed by atoms with Crippen molar-refractivity contribution in [1.29, 1.82) is 0 Å². The molecule has 0 heterocycles. The maximum Gasteiger partial charge on any atom is 0.257 e. The number of hydrogen-bond donors (Lipinski definition) is 0. The van der Waals surface area contributed by atoms with Gasteiger partial charge in [0, 0.05) is 19.0 Å². The third-order valence-electron chi connectivity index (χ3n) is 3.17. The number of halogens is 1. The summed E-state index contributed by atoms with van der Waals surface area (Å²) in [6.45, 7) is 3.14. The second kappa shape index (κ2) is 8.62. The lowest BCUT2D eigenvalue weighted by Gasteiger charge is -2.22. The smallest absolute Gasteiger partial charge is 0.257 e. The first kappa shape index (κ1) is 17.4. The second-order valence-electron chi connectivity index (χ2n) is 4.31. The molecule has 0 aliphatic rings. The summed E-state index contributed by atoms with van der Waals surface area (Å²) in [5, 5.41) is 0. The van der Waals surface area contributed by atoms with Crippen LogP contribution in [0.25, 0.3) is 0 Å². The molecule has 0 atom stereocenters. The van der Waals surface area contributed by atoms with Gasteiger partial charge in [0.2, 0.25) is 5.75 Å². The van der Waals surface area contributed by atoms with E-state index in [2.05, 4.69) is 0 Å². The fraction of sp³-hybridized carbons (Fsp3) is 0.533. The van der Waals surface area contributed by atoms with Gasteiger partial charge in [0.15, 0.2) is 11.5 Å². The minimum Gasteiger partial charge on any atom is -0.493 e. The van der Waals surface area contributed by atoms with E-state index in [1.165, 1.54) is 21.3 Å². The Bertz CT molecular complexity index is 479. The largest absolute Gasteiger partial charge is 0.493 e. The highest BCUT2D eigenvalue weighted by Gasteiger charge is 2.23. The van der Waals surface area contributed by atoms with Crippen LogP contribution in [0.2, 0.25) is 0 Å². The molecule has 0 saturated carbocycles. The molecule has 5 nitrogen and oxygen atoms in total. The zero-order valence-electron chi connectivity index (χ0n) is 12.9. The average molecular weight is 316 g/mol.